The molecule has 0 radical (unpaired) electrons. The number of hydrogen-bond acceptors (Lipinski definition) is 5. The number of rotatable bonds is 6. The van der Waals surface area contributed by atoms with Crippen molar-refractivity contribution in [2.45, 2.75) is 37.5 Å². The molecule has 0 saturated heterocycles. The Kier molecular flexibility index (Phi) is 5.79. The summed E-state index contributed by atoms with van der Waals surface area (Å²) in [6.07, 6.45) is 7.52. The van der Waals surface area contributed by atoms with Crippen molar-refractivity contribution in [3.63, 3.8) is 0 Å². The van der Waals surface area contributed by atoms with Crippen molar-refractivity contribution in [3.8, 4) is 0 Å². The van der Waals surface area contributed by atoms with E-state index in [0.717, 1.165) is 48.1 Å². The first-order valence-electron chi connectivity index (χ1n) is 9.91. The third-order valence-electron chi connectivity index (χ3n) is 5.85. The van der Waals surface area contributed by atoms with Gasteiger partial charge in [-0.1, -0.05) is 23.7 Å². The lowest BCUT2D eigenvalue weighted by Gasteiger charge is -2.35. The number of benzene rings is 1. The monoisotopic (exact) mass is 431 g/mol. The molecule has 8 heteroatoms. The summed E-state index contributed by atoms with van der Waals surface area (Å²) >= 11 is 5.92. The molecule has 2 aromatic heterocycles. The Morgan fingerprint density at radius 3 is 2.62 bits per heavy atom. The van der Waals surface area contributed by atoms with E-state index in [1.807, 2.05) is 24.4 Å². The zero-order valence-electron chi connectivity index (χ0n) is 16.5. The normalized spacial score (nSPS) is 21.7. The Balaban J connectivity index is 1.35. The van der Waals surface area contributed by atoms with Crippen LogP contribution in [0.3, 0.4) is 0 Å². The minimum atomic E-state index is -2.64. The van der Waals surface area contributed by atoms with E-state index in [-0.39, 0.29) is 0 Å². The molecule has 1 fully saturated rings. The number of hydrogen-bond donors (Lipinski definition) is 2. The molecule has 4 rings (SSSR count). The van der Waals surface area contributed by atoms with E-state index in [2.05, 4.69) is 26.9 Å². The van der Waals surface area contributed by atoms with Gasteiger partial charge in [0.05, 0.1) is 11.1 Å². The van der Waals surface area contributed by atoms with E-state index in [1.54, 1.807) is 18.5 Å². The van der Waals surface area contributed by atoms with Gasteiger partial charge in [-0.15, -0.1) is 0 Å². The number of halogens is 1. The van der Waals surface area contributed by atoms with E-state index < -0.39 is 9.73 Å². The molecule has 1 aliphatic carbocycles. The van der Waals surface area contributed by atoms with Crippen LogP contribution in [0.15, 0.2) is 42.9 Å². The Morgan fingerprint density at radius 2 is 1.90 bits per heavy atom. The summed E-state index contributed by atoms with van der Waals surface area (Å²) in [4.78, 5) is 14.1. The molecular weight excluding hydrogens is 406 g/mol. The summed E-state index contributed by atoms with van der Waals surface area (Å²) in [5, 5.41) is 1.70. The van der Waals surface area contributed by atoms with E-state index >= 15 is 0 Å². The molecule has 29 heavy (non-hydrogen) atoms. The van der Waals surface area contributed by atoms with Gasteiger partial charge in [0.15, 0.2) is 0 Å². The molecule has 1 aliphatic rings. The van der Waals surface area contributed by atoms with Crippen molar-refractivity contribution in [2.75, 3.05) is 17.7 Å². The van der Waals surface area contributed by atoms with E-state index in [4.69, 9.17) is 16.4 Å². The van der Waals surface area contributed by atoms with Crippen LogP contribution in [0.1, 0.15) is 31.2 Å². The largest absolute Gasteiger partial charge is 0.356 e. The van der Waals surface area contributed by atoms with Gasteiger partial charge in [-0.2, -0.15) is 0 Å². The number of aromatic nitrogens is 3. The summed E-state index contributed by atoms with van der Waals surface area (Å²) < 4.78 is 21.2. The zero-order chi connectivity index (χ0) is 20.4. The maximum atomic E-state index is 12.9. The third-order valence-corrected chi connectivity index (χ3v) is 7.91. The highest BCUT2D eigenvalue weighted by molar-refractivity contribution is 7.91. The first kappa shape index (κ1) is 20.2. The van der Waals surface area contributed by atoms with Gasteiger partial charge in [0.1, 0.15) is 17.8 Å². The first-order valence-corrected chi connectivity index (χ1v) is 12.2. The lowest BCUT2D eigenvalue weighted by Crippen LogP contribution is -2.37. The molecule has 0 spiro atoms. The van der Waals surface area contributed by atoms with Crippen LogP contribution in [-0.4, -0.2) is 38.0 Å². The highest BCUT2D eigenvalue weighted by Gasteiger charge is 2.27. The lowest BCUT2D eigenvalue weighted by molar-refractivity contribution is 0.342. The summed E-state index contributed by atoms with van der Waals surface area (Å²) in [5.74, 6) is 2.07. The maximum Gasteiger partial charge on any atom is 0.142 e. The Bertz CT molecular complexity index is 1070. The average molecular weight is 432 g/mol. The Morgan fingerprint density at radius 1 is 1.17 bits per heavy atom. The number of fused-ring (bicyclic) bond motifs is 1. The molecule has 1 atom stereocenters. The van der Waals surface area contributed by atoms with Gasteiger partial charge in [-0.3, -0.25) is 4.78 Å². The Labute approximate surface area is 176 Å². The van der Waals surface area contributed by atoms with E-state index in [1.165, 1.54) is 0 Å². The minimum Gasteiger partial charge on any atom is -0.356 e. The fourth-order valence-corrected chi connectivity index (χ4v) is 6.37. The van der Waals surface area contributed by atoms with Gasteiger partial charge in [0, 0.05) is 39.8 Å². The second-order valence-electron chi connectivity index (χ2n) is 7.97. The molecule has 2 heterocycles. The van der Waals surface area contributed by atoms with Gasteiger partial charge in [-0.25, -0.2) is 14.2 Å². The van der Waals surface area contributed by atoms with Crippen molar-refractivity contribution >= 4 is 38.2 Å². The molecule has 2 N–H and O–H groups in total. The molecule has 154 valence electrons. The number of nitrogens with zero attached hydrogens (tertiary/aromatic N) is 3. The average Bonchev–Trinajstić information content (AvgIpc) is 3.18. The van der Waals surface area contributed by atoms with Crippen molar-refractivity contribution in [2.24, 2.45) is 5.92 Å². The molecule has 0 amide bonds. The van der Waals surface area contributed by atoms with Crippen LogP contribution < -0.4 is 4.90 Å². The second kappa shape index (κ2) is 8.32. The summed E-state index contributed by atoms with van der Waals surface area (Å²) in [5.41, 5.74) is 1.77. The molecule has 0 bridgehead atoms. The maximum absolute atomic E-state index is 12.9. The van der Waals surface area contributed by atoms with Crippen LogP contribution in [0, 0.1) is 10.7 Å². The molecule has 1 saturated carbocycles. The number of aromatic amines is 1. The molecule has 6 nitrogen and oxygen atoms in total. The van der Waals surface area contributed by atoms with Crippen LogP contribution in [0.5, 0.6) is 0 Å². The lowest BCUT2D eigenvalue weighted by atomic mass is 9.86. The van der Waals surface area contributed by atoms with Gasteiger partial charge < -0.3 is 9.88 Å². The van der Waals surface area contributed by atoms with Crippen LogP contribution in [0.4, 0.5) is 5.82 Å². The van der Waals surface area contributed by atoms with Crippen molar-refractivity contribution in [3.05, 3.63) is 53.4 Å². The highest BCUT2D eigenvalue weighted by Crippen LogP contribution is 2.32. The van der Waals surface area contributed by atoms with Crippen molar-refractivity contribution in [1.82, 2.24) is 15.0 Å². The smallest absolute Gasteiger partial charge is 0.142 e. The van der Waals surface area contributed by atoms with Crippen LogP contribution in [0.2, 0.25) is 5.02 Å². The topological polar surface area (TPSA) is 85.7 Å². The predicted molar refractivity (Wildman–Crippen MR) is 119 cm³/mol. The molecule has 1 unspecified atom stereocenters. The van der Waals surface area contributed by atoms with Crippen molar-refractivity contribution < 1.29 is 4.21 Å². The van der Waals surface area contributed by atoms with Crippen molar-refractivity contribution in [1.29, 1.82) is 4.78 Å². The van der Waals surface area contributed by atoms with Gasteiger partial charge in [0.25, 0.3) is 0 Å². The zero-order valence-corrected chi connectivity index (χ0v) is 18.0. The highest BCUT2D eigenvalue weighted by atomic mass is 35.5. The fraction of sp³-hybridized carbons (Fsp3) is 0.429. The minimum absolute atomic E-state index is 0.302. The fourth-order valence-electron chi connectivity index (χ4n) is 4.30. The van der Waals surface area contributed by atoms with E-state index in [9.17, 15) is 4.21 Å². The van der Waals surface area contributed by atoms with E-state index in [0.29, 0.717) is 28.5 Å². The molecule has 1 aromatic carbocycles. The SMILES string of the molecule is CN(c1ncnc2[nH]ccc12)C1CCC(CS(=N)(=O)Cc2ccc(Cl)cc2)CC1. The number of H-pyrrole nitrogens is 1. The summed E-state index contributed by atoms with van der Waals surface area (Å²) in [6, 6.07) is 9.73. The predicted octanol–water partition coefficient (Wildman–Crippen LogP) is 4.85. The molecule has 0 aliphatic heterocycles. The number of nitrogens with one attached hydrogen (secondary N) is 2. The second-order valence-corrected chi connectivity index (χ2v) is 10.7. The standard InChI is InChI=1S/C21H26ClN5OS/c1-27(21-19-10-11-24-20(19)25-14-26-21)18-8-4-16(5-9-18)13-29(23,28)12-15-2-6-17(22)7-3-15/h2-3,6-7,10-11,14,16,18,23H,4-5,8-9,12-13H2,1H3,(H,24,25,26). The summed E-state index contributed by atoms with van der Waals surface area (Å²) in [7, 11) is -0.549. The van der Waals surface area contributed by atoms with Crippen LogP contribution in [-0.2, 0) is 15.5 Å². The first-order chi connectivity index (χ1) is 13.9. The summed E-state index contributed by atoms with van der Waals surface area (Å²) in [6.45, 7) is 0. The molecular formula is C21H26ClN5OS. The molecule has 3 aromatic rings. The Hall–Kier alpha value is -2.12. The van der Waals surface area contributed by atoms with Crippen LogP contribution in [0.25, 0.3) is 11.0 Å². The third kappa shape index (κ3) is 4.73. The quantitative estimate of drug-likeness (QED) is 0.583. The van der Waals surface area contributed by atoms with Gasteiger partial charge in [0.2, 0.25) is 0 Å². The number of anilines is 1. The van der Waals surface area contributed by atoms with Crippen LogP contribution >= 0.6 is 11.6 Å². The van der Waals surface area contributed by atoms with Gasteiger partial charge >= 0.3 is 0 Å². The van der Waals surface area contributed by atoms with Gasteiger partial charge in [-0.05, 0) is 55.4 Å².